The average Bonchev–Trinajstić information content (AvgIpc) is 2.56. The largest absolute Gasteiger partial charge is 0.466 e. The zero-order valence-corrected chi connectivity index (χ0v) is 15.8. The number of nitrogens with two attached hydrogens (primary N) is 1. The van der Waals surface area contributed by atoms with Crippen molar-refractivity contribution < 1.29 is 19.1 Å². The van der Waals surface area contributed by atoms with Crippen LogP contribution in [0.15, 0.2) is 18.3 Å². The highest BCUT2D eigenvalue weighted by atomic mass is 16.6. The number of nitrogen functional groups attached to an aromatic ring is 1. The van der Waals surface area contributed by atoms with E-state index in [-0.39, 0.29) is 25.2 Å². The molecule has 0 bridgehead atoms. The number of ether oxygens (including phenoxy) is 2. The van der Waals surface area contributed by atoms with E-state index >= 15 is 0 Å². The molecule has 2 rings (SSSR count). The molecule has 1 saturated heterocycles. The normalized spacial score (nSPS) is 20.4. The van der Waals surface area contributed by atoms with Crippen LogP contribution in [-0.4, -0.2) is 53.3 Å². The number of piperidine rings is 1. The number of hydrogen-bond donors (Lipinski definition) is 2. The minimum atomic E-state index is -0.584. The van der Waals surface area contributed by atoms with Crippen molar-refractivity contribution >= 4 is 23.6 Å². The molecule has 0 saturated carbocycles. The lowest BCUT2D eigenvalue weighted by Gasteiger charge is -2.38. The Morgan fingerprint density at radius 3 is 2.69 bits per heavy atom. The van der Waals surface area contributed by atoms with Gasteiger partial charge < -0.3 is 25.4 Å². The molecule has 2 atom stereocenters. The smallest absolute Gasteiger partial charge is 0.410 e. The third-order valence-corrected chi connectivity index (χ3v) is 3.97. The zero-order valence-electron chi connectivity index (χ0n) is 15.8. The lowest BCUT2D eigenvalue weighted by Crippen LogP contribution is -2.52. The van der Waals surface area contributed by atoms with Gasteiger partial charge in [-0.05, 0) is 46.2 Å². The number of carbonyl (C=O) groups excluding carboxylic acids is 2. The van der Waals surface area contributed by atoms with Crippen molar-refractivity contribution in [2.24, 2.45) is 5.92 Å². The van der Waals surface area contributed by atoms with Gasteiger partial charge in [-0.15, -0.1) is 0 Å². The quantitative estimate of drug-likeness (QED) is 0.789. The predicted octanol–water partition coefficient (Wildman–Crippen LogP) is 2.26. The van der Waals surface area contributed by atoms with Gasteiger partial charge in [0.1, 0.15) is 11.4 Å². The van der Waals surface area contributed by atoms with Crippen LogP contribution in [0.5, 0.6) is 0 Å². The van der Waals surface area contributed by atoms with Gasteiger partial charge in [0.15, 0.2) is 0 Å². The molecule has 144 valence electrons. The molecule has 1 aliphatic rings. The van der Waals surface area contributed by atoms with Crippen molar-refractivity contribution in [1.82, 2.24) is 9.88 Å². The maximum Gasteiger partial charge on any atom is 0.410 e. The van der Waals surface area contributed by atoms with Crippen LogP contribution in [0.2, 0.25) is 0 Å². The number of rotatable bonds is 4. The van der Waals surface area contributed by atoms with Gasteiger partial charge in [0, 0.05) is 19.1 Å². The highest BCUT2D eigenvalue weighted by Crippen LogP contribution is 2.24. The maximum absolute atomic E-state index is 12.4. The SMILES string of the molecule is CCOC(=O)[C@@H]1CN(C(=O)OC(C)(C)C)CC[C@@H]1Nc1ccc(N)cn1. The van der Waals surface area contributed by atoms with Crippen molar-refractivity contribution in [3.8, 4) is 0 Å². The lowest BCUT2D eigenvalue weighted by atomic mass is 9.92. The number of carbonyl (C=O) groups is 2. The summed E-state index contributed by atoms with van der Waals surface area (Å²) in [4.78, 5) is 30.6. The third kappa shape index (κ3) is 5.50. The van der Waals surface area contributed by atoms with Crippen LogP contribution >= 0.6 is 0 Å². The first-order chi connectivity index (χ1) is 12.2. The van der Waals surface area contributed by atoms with Crippen LogP contribution < -0.4 is 11.1 Å². The Hall–Kier alpha value is -2.51. The van der Waals surface area contributed by atoms with Crippen LogP contribution in [0.25, 0.3) is 0 Å². The van der Waals surface area contributed by atoms with E-state index in [0.717, 1.165) is 0 Å². The average molecular weight is 364 g/mol. The van der Waals surface area contributed by atoms with Gasteiger partial charge >= 0.3 is 12.1 Å². The Labute approximate surface area is 154 Å². The van der Waals surface area contributed by atoms with E-state index in [1.54, 1.807) is 30.2 Å². The Bertz CT molecular complexity index is 627. The Kier molecular flexibility index (Phi) is 6.28. The minimum Gasteiger partial charge on any atom is -0.466 e. The first-order valence-corrected chi connectivity index (χ1v) is 8.82. The third-order valence-electron chi connectivity index (χ3n) is 3.97. The summed E-state index contributed by atoms with van der Waals surface area (Å²) >= 11 is 0. The highest BCUT2D eigenvalue weighted by Gasteiger charge is 2.38. The molecule has 1 amide bonds. The van der Waals surface area contributed by atoms with Crippen molar-refractivity contribution in [1.29, 1.82) is 0 Å². The van der Waals surface area contributed by atoms with Crippen molar-refractivity contribution in [3.05, 3.63) is 18.3 Å². The molecule has 1 fully saturated rings. The molecule has 0 radical (unpaired) electrons. The van der Waals surface area contributed by atoms with Gasteiger partial charge in [-0.2, -0.15) is 0 Å². The second kappa shape index (κ2) is 8.25. The molecule has 0 unspecified atom stereocenters. The highest BCUT2D eigenvalue weighted by molar-refractivity contribution is 5.76. The van der Waals surface area contributed by atoms with Crippen LogP contribution in [0, 0.1) is 5.92 Å². The molecule has 0 aliphatic carbocycles. The van der Waals surface area contributed by atoms with E-state index in [1.807, 2.05) is 20.8 Å². The van der Waals surface area contributed by atoms with Crippen LogP contribution in [0.3, 0.4) is 0 Å². The second-order valence-electron chi connectivity index (χ2n) is 7.30. The van der Waals surface area contributed by atoms with Crippen molar-refractivity contribution in [2.75, 3.05) is 30.7 Å². The van der Waals surface area contributed by atoms with Gasteiger partial charge in [0.25, 0.3) is 0 Å². The fourth-order valence-electron chi connectivity index (χ4n) is 2.79. The summed E-state index contributed by atoms with van der Waals surface area (Å²) in [5.74, 6) is -0.214. The van der Waals surface area contributed by atoms with Gasteiger partial charge in [-0.3, -0.25) is 4.79 Å². The summed E-state index contributed by atoms with van der Waals surface area (Å²) in [6.45, 7) is 8.21. The summed E-state index contributed by atoms with van der Waals surface area (Å²) in [6.07, 6.45) is 1.71. The summed E-state index contributed by atoms with van der Waals surface area (Å²) in [7, 11) is 0. The van der Waals surface area contributed by atoms with Gasteiger partial charge in [-0.1, -0.05) is 0 Å². The number of aromatic nitrogens is 1. The van der Waals surface area contributed by atoms with Crippen molar-refractivity contribution in [2.45, 2.75) is 45.8 Å². The standard InChI is InChI=1S/C18H28N4O4/c1-5-25-16(23)13-11-22(17(24)26-18(2,3)4)9-8-14(13)21-15-7-6-12(19)10-20-15/h6-7,10,13-14H,5,8-9,11,19H2,1-4H3,(H,20,21)/t13-,14+/m1/s1. The summed E-state index contributed by atoms with van der Waals surface area (Å²) in [5.41, 5.74) is 5.64. The fraction of sp³-hybridized carbons (Fsp3) is 0.611. The molecule has 1 aliphatic heterocycles. The molecule has 8 heteroatoms. The molecule has 0 aromatic carbocycles. The summed E-state index contributed by atoms with van der Waals surface area (Å²) in [6, 6.07) is 3.31. The first kappa shape index (κ1) is 19.8. The predicted molar refractivity (Wildman–Crippen MR) is 98.6 cm³/mol. The molecular weight excluding hydrogens is 336 g/mol. The monoisotopic (exact) mass is 364 g/mol. The molecule has 26 heavy (non-hydrogen) atoms. The zero-order chi connectivity index (χ0) is 19.3. The van der Waals surface area contributed by atoms with E-state index in [4.69, 9.17) is 15.2 Å². The number of nitrogens with one attached hydrogen (secondary N) is 1. The number of likely N-dealkylation sites (tertiary alicyclic amines) is 1. The minimum absolute atomic E-state index is 0.191. The molecule has 1 aromatic heterocycles. The van der Waals surface area contributed by atoms with Gasteiger partial charge in [-0.25, -0.2) is 9.78 Å². The van der Waals surface area contributed by atoms with E-state index in [0.29, 0.717) is 24.5 Å². The molecule has 3 N–H and O–H groups in total. The first-order valence-electron chi connectivity index (χ1n) is 8.82. The molecular formula is C18H28N4O4. The molecule has 8 nitrogen and oxygen atoms in total. The topological polar surface area (TPSA) is 107 Å². The number of pyridine rings is 1. The number of anilines is 2. The number of amides is 1. The summed E-state index contributed by atoms with van der Waals surface area (Å²) < 4.78 is 10.6. The van der Waals surface area contributed by atoms with E-state index < -0.39 is 17.6 Å². The molecule has 2 heterocycles. The van der Waals surface area contributed by atoms with Crippen LogP contribution in [0.1, 0.15) is 34.1 Å². The Morgan fingerprint density at radius 1 is 1.38 bits per heavy atom. The maximum atomic E-state index is 12.4. The van der Waals surface area contributed by atoms with E-state index in [9.17, 15) is 9.59 Å². The van der Waals surface area contributed by atoms with Gasteiger partial charge in [0.05, 0.1) is 24.4 Å². The Morgan fingerprint density at radius 2 is 2.12 bits per heavy atom. The molecule has 1 aromatic rings. The summed E-state index contributed by atoms with van der Waals surface area (Å²) in [5, 5.41) is 3.26. The van der Waals surface area contributed by atoms with Crippen LogP contribution in [-0.2, 0) is 14.3 Å². The Balaban J connectivity index is 2.10. The second-order valence-corrected chi connectivity index (χ2v) is 7.30. The lowest BCUT2D eigenvalue weighted by molar-refractivity contribution is -0.150. The van der Waals surface area contributed by atoms with Gasteiger partial charge in [0.2, 0.25) is 0 Å². The van der Waals surface area contributed by atoms with Crippen molar-refractivity contribution in [3.63, 3.8) is 0 Å². The number of hydrogen-bond acceptors (Lipinski definition) is 7. The van der Waals surface area contributed by atoms with E-state index in [2.05, 4.69) is 10.3 Å². The number of esters is 1. The number of nitrogens with zero attached hydrogens (tertiary/aromatic N) is 2. The van der Waals surface area contributed by atoms with Crippen LogP contribution in [0.4, 0.5) is 16.3 Å². The van der Waals surface area contributed by atoms with E-state index in [1.165, 1.54) is 0 Å². The fourth-order valence-corrected chi connectivity index (χ4v) is 2.79. The molecule has 0 spiro atoms.